The molecule has 0 bridgehead atoms. The van der Waals surface area contributed by atoms with E-state index in [2.05, 4.69) is 6.92 Å². The maximum absolute atomic E-state index is 11.8. The number of aliphatic carboxylic acids is 1. The molecule has 0 saturated carbocycles. The summed E-state index contributed by atoms with van der Waals surface area (Å²) in [6.45, 7) is 2.06. The van der Waals surface area contributed by atoms with Crippen LogP contribution >= 0.6 is 0 Å². The highest BCUT2D eigenvalue weighted by molar-refractivity contribution is 5.95. The number of allylic oxidation sites excluding steroid dienone is 8. The number of carboxylic acid groups (broad SMARTS) is 1. The van der Waals surface area contributed by atoms with Gasteiger partial charge in [0, 0.05) is 12.3 Å². The van der Waals surface area contributed by atoms with Crippen LogP contribution in [0.25, 0.3) is 0 Å². The molecule has 4 heteroatoms. The summed E-state index contributed by atoms with van der Waals surface area (Å²) in [7, 11) is 0. The van der Waals surface area contributed by atoms with Crippen molar-refractivity contribution in [1.29, 1.82) is 0 Å². The Hall–Kier alpha value is -2.20. The van der Waals surface area contributed by atoms with Gasteiger partial charge in [-0.2, -0.15) is 0 Å². The zero-order valence-corrected chi connectivity index (χ0v) is 15.5. The first kappa shape index (κ1) is 21.8. The minimum absolute atomic E-state index is 0.120. The van der Waals surface area contributed by atoms with Crippen molar-refractivity contribution in [2.75, 3.05) is 0 Å². The van der Waals surface area contributed by atoms with Crippen molar-refractivity contribution >= 4 is 11.8 Å². The Morgan fingerprint density at radius 2 is 1.81 bits per heavy atom. The van der Waals surface area contributed by atoms with Crippen molar-refractivity contribution in [3.8, 4) is 0 Å². The second kappa shape index (κ2) is 13.1. The number of rotatable bonds is 12. The molecule has 0 heterocycles. The van der Waals surface area contributed by atoms with Crippen LogP contribution in [0, 0.1) is 11.8 Å². The van der Waals surface area contributed by atoms with Crippen molar-refractivity contribution < 1.29 is 19.8 Å². The number of carboxylic acids is 1. The van der Waals surface area contributed by atoms with Gasteiger partial charge in [0.1, 0.15) is 0 Å². The summed E-state index contributed by atoms with van der Waals surface area (Å²) in [6, 6.07) is 0. The predicted molar refractivity (Wildman–Crippen MR) is 105 cm³/mol. The van der Waals surface area contributed by atoms with Gasteiger partial charge in [0.05, 0.1) is 6.10 Å². The van der Waals surface area contributed by atoms with Crippen LogP contribution in [-0.4, -0.2) is 28.1 Å². The van der Waals surface area contributed by atoms with Crippen LogP contribution in [0.4, 0.5) is 0 Å². The summed E-state index contributed by atoms with van der Waals surface area (Å²) >= 11 is 0. The standard InChI is InChI=1S/C22H30O4/c1-2-18-14-17-21(24)20(18)16-15-19(23)12-10-8-6-4-3-5-7-9-11-13-22(25)26/h3-4,7-10,14-20,23H,2,5-6,11-13H2,1H3,(H,25,26)/b4-3-,9-7-,10-8-,16-15+/t18-,19-,20-/m0/s1. The summed E-state index contributed by atoms with van der Waals surface area (Å²) in [5.74, 6) is -0.517. The van der Waals surface area contributed by atoms with Crippen LogP contribution in [0.1, 0.15) is 45.4 Å². The number of hydrogen-bond donors (Lipinski definition) is 2. The quantitative estimate of drug-likeness (QED) is 0.507. The Morgan fingerprint density at radius 1 is 1.15 bits per heavy atom. The first-order chi connectivity index (χ1) is 12.5. The summed E-state index contributed by atoms with van der Waals surface area (Å²) < 4.78 is 0. The smallest absolute Gasteiger partial charge is 0.303 e. The molecule has 0 fully saturated rings. The average Bonchev–Trinajstić information content (AvgIpc) is 2.97. The van der Waals surface area contributed by atoms with E-state index in [9.17, 15) is 14.7 Å². The van der Waals surface area contributed by atoms with Crippen molar-refractivity contribution in [2.24, 2.45) is 11.8 Å². The molecule has 0 unspecified atom stereocenters. The molecule has 2 N–H and O–H groups in total. The van der Waals surface area contributed by atoms with Crippen LogP contribution in [0.3, 0.4) is 0 Å². The van der Waals surface area contributed by atoms with Gasteiger partial charge in [-0.15, -0.1) is 0 Å². The van der Waals surface area contributed by atoms with Gasteiger partial charge < -0.3 is 10.2 Å². The molecule has 1 aliphatic carbocycles. The van der Waals surface area contributed by atoms with E-state index in [0.717, 1.165) is 19.3 Å². The fourth-order valence-electron chi connectivity index (χ4n) is 2.72. The molecule has 0 radical (unpaired) electrons. The fraction of sp³-hybridized carbons (Fsp3) is 0.455. The molecule has 0 spiro atoms. The van der Waals surface area contributed by atoms with Crippen molar-refractivity contribution in [2.45, 2.75) is 51.6 Å². The summed E-state index contributed by atoms with van der Waals surface area (Å²) in [5.41, 5.74) is 0. The van der Waals surface area contributed by atoms with Gasteiger partial charge >= 0.3 is 5.97 Å². The first-order valence-corrected chi connectivity index (χ1v) is 9.29. The van der Waals surface area contributed by atoms with Crippen LogP contribution in [0.2, 0.25) is 0 Å². The Balaban J connectivity index is 2.17. The topological polar surface area (TPSA) is 74.6 Å². The molecular weight excluding hydrogens is 328 g/mol. The SMILES string of the molecule is CC[C@H]1C=CC(=O)[C@H]1/C=C/[C@@H](O)C/C=C\C/C=C\C/C=C\CCC(=O)O. The Labute approximate surface area is 156 Å². The van der Waals surface area contributed by atoms with E-state index in [1.807, 2.05) is 48.6 Å². The van der Waals surface area contributed by atoms with E-state index < -0.39 is 12.1 Å². The summed E-state index contributed by atoms with van der Waals surface area (Å²) in [5, 5.41) is 18.5. The third-order valence-corrected chi connectivity index (χ3v) is 4.26. The van der Waals surface area contributed by atoms with Gasteiger partial charge in [-0.25, -0.2) is 0 Å². The lowest BCUT2D eigenvalue weighted by Gasteiger charge is -2.12. The van der Waals surface area contributed by atoms with Gasteiger partial charge in [0.25, 0.3) is 0 Å². The molecule has 0 aromatic carbocycles. The van der Waals surface area contributed by atoms with Crippen molar-refractivity contribution in [3.63, 3.8) is 0 Å². The number of aliphatic hydroxyl groups is 1. The molecule has 3 atom stereocenters. The maximum atomic E-state index is 11.8. The van der Waals surface area contributed by atoms with E-state index in [1.54, 1.807) is 12.2 Å². The minimum Gasteiger partial charge on any atom is -0.481 e. The van der Waals surface area contributed by atoms with E-state index in [-0.39, 0.29) is 24.0 Å². The monoisotopic (exact) mass is 358 g/mol. The number of carbonyl (C=O) groups excluding carboxylic acids is 1. The Morgan fingerprint density at radius 3 is 2.46 bits per heavy atom. The Kier molecular flexibility index (Phi) is 11.0. The van der Waals surface area contributed by atoms with Gasteiger partial charge in [-0.05, 0) is 44.1 Å². The highest BCUT2D eigenvalue weighted by Gasteiger charge is 2.26. The van der Waals surface area contributed by atoms with E-state index in [4.69, 9.17) is 5.11 Å². The lowest BCUT2D eigenvalue weighted by Crippen LogP contribution is -2.13. The van der Waals surface area contributed by atoms with Crippen molar-refractivity contribution in [3.05, 3.63) is 60.8 Å². The highest BCUT2D eigenvalue weighted by Crippen LogP contribution is 2.26. The molecule has 1 aliphatic rings. The zero-order valence-electron chi connectivity index (χ0n) is 15.5. The van der Waals surface area contributed by atoms with Crippen LogP contribution < -0.4 is 0 Å². The molecule has 0 amide bonds. The molecule has 1 rings (SSSR count). The second-order valence-corrected chi connectivity index (χ2v) is 6.37. The van der Waals surface area contributed by atoms with Gasteiger partial charge in [-0.3, -0.25) is 9.59 Å². The molecule has 0 saturated heterocycles. The van der Waals surface area contributed by atoms with Gasteiger partial charge in [0.2, 0.25) is 0 Å². The van der Waals surface area contributed by atoms with Crippen LogP contribution in [0.5, 0.6) is 0 Å². The lowest BCUT2D eigenvalue weighted by molar-refractivity contribution is -0.136. The molecular formula is C22H30O4. The fourth-order valence-corrected chi connectivity index (χ4v) is 2.72. The largest absolute Gasteiger partial charge is 0.481 e. The number of hydrogen-bond acceptors (Lipinski definition) is 3. The first-order valence-electron chi connectivity index (χ1n) is 9.29. The normalized spacial score (nSPS) is 21.8. The van der Waals surface area contributed by atoms with Crippen LogP contribution in [-0.2, 0) is 9.59 Å². The molecule has 0 aromatic rings. The second-order valence-electron chi connectivity index (χ2n) is 6.37. The molecule has 4 nitrogen and oxygen atoms in total. The molecule has 0 aromatic heterocycles. The molecule has 142 valence electrons. The predicted octanol–water partition coefficient (Wildman–Crippen LogP) is 4.39. The zero-order chi connectivity index (χ0) is 19.2. The molecule has 26 heavy (non-hydrogen) atoms. The Bertz CT molecular complexity index is 581. The molecule has 0 aliphatic heterocycles. The highest BCUT2D eigenvalue weighted by atomic mass is 16.4. The number of carbonyl (C=O) groups is 2. The van der Waals surface area contributed by atoms with Crippen LogP contribution in [0.15, 0.2) is 60.8 Å². The van der Waals surface area contributed by atoms with Gasteiger partial charge in [0.15, 0.2) is 5.78 Å². The number of aliphatic hydroxyl groups excluding tert-OH is 1. The van der Waals surface area contributed by atoms with Gasteiger partial charge in [-0.1, -0.05) is 61.6 Å². The summed E-state index contributed by atoms with van der Waals surface area (Å²) in [4.78, 5) is 22.1. The minimum atomic E-state index is -0.774. The van der Waals surface area contributed by atoms with E-state index >= 15 is 0 Å². The number of ketones is 1. The van der Waals surface area contributed by atoms with E-state index in [0.29, 0.717) is 12.8 Å². The van der Waals surface area contributed by atoms with E-state index in [1.165, 1.54) is 0 Å². The average molecular weight is 358 g/mol. The van der Waals surface area contributed by atoms with Crippen molar-refractivity contribution in [1.82, 2.24) is 0 Å². The summed E-state index contributed by atoms with van der Waals surface area (Å²) in [6.07, 6.45) is 22.2. The maximum Gasteiger partial charge on any atom is 0.303 e. The lowest BCUT2D eigenvalue weighted by atomic mass is 9.92. The third kappa shape index (κ3) is 9.33. The third-order valence-electron chi connectivity index (χ3n) is 4.26.